The van der Waals surface area contributed by atoms with Crippen molar-refractivity contribution in [3.8, 4) is 0 Å². The standard InChI is InChI=1S/C32H27N5O7/c1-19-24-27(33)34-18-35-28(24)37(36-19)29-26(44-32(40)22-15-9-4-10-16-22)25(43-31(39)21-13-7-3-8-14-21)23(42-29)17-41-30(38)20-11-5-2-6-12-20/h2-16,18,23,25-26,29H,17H2,1H3,(H2,33,34,35)/t23-,25-,26-,29-/m1/s1. The lowest BCUT2D eigenvalue weighted by Gasteiger charge is -2.24. The molecule has 222 valence electrons. The van der Waals surface area contributed by atoms with Crippen LogP contribution in [0.2, 0.25) is 0 Å². The molecular weight excluding hydrogens is 566 g/mol. The molecule has 44 heavy (non-hydrogen) atoms. The number of nitrogens with two attached hydrogens (primary N) is 1. The van der Waals surface area contributed by atoms with Gasteiger partial charge in [0.05, 0.1) is 27.8 Å². The largest absolute Gasteiger partial charge is 0.459 e. The second-order valence-corrected chi connectivity index (χ2v) is 9.99. The molecule has 5 aromatic rings. The summed E-state index contributed by atoms with van der Waals surface area (Å²) in [5, 5.41) is 5.07. The zero-order valence-electron chi connectivity index (χ0n) is 23.5. The van der Waals surface area contributed by atoms with Gasteiger partial charge < -0.3 is 24.7 Å². The van der Waals surface area contributed by atoms with E-state index in [2.05, 4.69) is 15.1 Å². The molecule has 1 saturated heterocycles. The van der Waals surface area contributed by atoms with Crippen molar-refractivity contribution in [2.45, 2.75) is 31.5 Å². The number of aryl methyl sites for hydroxylation is 1. The summed E-state index contributed by atoms with van der Waals surface area (Å²) in [4.78, 5) is 48.0. The van der Waals surface area contributed by atoms with E-state index in [0.29, 0.717) is 22.3 Å². The van der Waals surface area contributed by atoms with Crippen LogP contribution in [0.5, 0.6) is 0 Å². The Morgan fingerprint density at radius 1 is 0.773 bits per heavy atom. The molecule has 0 saturated carbocycles. The lowest BCUT2D eigenvalue weighted by Crippen LogP contribution is -2.41. The number of carbonyl (C=O) groups is 3. The van der Waals surface area contributed by atoms with Gasteiger partial charge in [0.1, 0.15) is 24.9 Å². The number of esters is 3. The third kappa shape index (κ3) is 5.70. The number of fused-ring (bicyclic) bond motifs is 1. The Bertz CT molecular complexity index is 1800. The first-order valence-corrected chi connectivity index (χ1v) is 13.8. The smallest absolute Gasteiger partial charge is 0.338 e. The van der Waals surface area contributed by atoms with Crippen LogP contribution in [0.25, 0.3) is 11.0 Å². The lowest BCUT2D eigenvalue weighted by molar-refractivity contribution is -0.0655. The van der Waals surface area contributed by atoms with Gasteiger partial charge in [0.2, 0.25) is 0 Å². The third-order valence-corrected chi connectivity index (χ3v) is 7.11. The van der Waals surface area contributed by atoms with E-state index in [1.165, 1.54) is 11.0 Å². The number of ether oxygens (including phenoxy) is 4. The van der Waals surface area contributed by atoms with Gasteiger partial charge in [0, 0.05) is 0 Å². The van der Waals surface area contributed by atoms with E-state index in [1.807, 2.05) is 0 Å². The third-order valence-electron chi connectivity index (χ3n) is 7.11. The van der Waals surface area contributed by atoms with Gasteiger partial charge >= 0.3 is 17.9 Å². The molecule has 0 spiro atoms. The summed E-state index contributed by atoms with van der Waals surface area (Å²) >= 11 is 0. The van der Waals surface area contributed by atoms with E-state index in [1.54, 1.807) is 97.9 Å². The predicted molar refractivity (Wildman–Crippen MR) is 156 cm³/mol. The SMILES string of the molecule is Cc1nn([C@@H]2O[C@H](COC(=O)c3ccccc3)[C@@H](OC(=O)c3ccccc3)[C@H]2OC(=O)c2ccccc2)c2ncnc(N)c12. The van der Waals surface area contributed by atoms with Crippen molar-refractivity contribution in [2.75, 3.05) is 12.3 Å². The molecule has 0 bridgehead atoms. The monoisotopic (exact) mass is 593 g/mol. The van der Waals surface area contributed by atoms with Gasteiger partial charge in [-0.15, -0.1) is 0 Å². The number of hydrogen-bond acceptors (Lipinski definition) is 11. The van der Waals surface area contributed by atoms with Crippen LogP contribution in [0.3, 0.4) is 0 Å². The molecule has 3 heterocycles. The quantitative estimate of drug-likeness (QED) is 0.205. The van der Waals surface area contributed by atoms with Crippen molar-refractivity contribution >= 4 is 34.8 Å². The summed E-state index contributed by atoms with van der Waals surface area (Å²) in [7, 11) is 0. The first kappa shape index (κ1) is 28.5. The van der Waals surface area contributed by atoms with Crippen LogP contribution in [0, 0.1) is 6.92 Å². The Morgan fingerprint density at radius 2 is 1.30 bits per heavy atom. The van der Waals surface area contributed by atoms with Crippen LogP contribution in [0.4, 0.5) is 5.82 Å². The molecule has 0 unspecified atom stereocenters. The minimum atomic E-state index is -1.24. The number of aromatic nitrogens is 4. The Labute approximate surface area is 251 Å². The first-order valence-electron chi connectivity index (χ1n) is 13.8. The maximum atomic E-state index is 13.4. The number of rotatable bonds is 8. The molecule has 1 aliphatic heterocycles. The lowest BCUT2D eigenvalue weighted by atomic mass is 10.1. The van der Waals surface area contributed by atoms with Crippen LogP contribution < -0.4 is 5.73 Å². The highest BCUT2D eigenvalue weighted by atomic mass is 16.7. The molecule has 1 fully saturated rings. The average molecular weight is 594 g/mol. The molecule has 6 rings (SSSR count). The fraction of sp³-hybridized carbons (Fsp3) is 0.188. The zero-order valence-corrected chi connectivity index (χ0v) is 23.5. The van der Waals surface area contributed by atoms with Crippen molar-refractivity contribution in [3.05, 3.63) is 120 Å². The Kier molecular flexibility index (Phi) is 7.98. The molecule has 4 atom stereocenters. The maximum absolute atomic E-state index is 13.4. The summed E-state index contributed by atoms with van der Waals surface area (Å²) in [6, 6.07) is 25.1. The van der Waals surface area contributed by atoms with Gasteiger partial charge in [-0.3, -0.25) is 0 Å². The molecule has 2 N–H and O–H groups in total. The van der Waals surface area contributed by atoms with Crippen LogP contribution in [0.1, 0.15) is 43.0 Å². The van der Waals surface area contributed by atoms with Gasteiger partial charge in [-0.25, -0.2) is 29.0 Å². The Morgan fingerprint density at radius 3 is 1.86 bits per heavy atom. The van der Waals surface area contributed by atoms with Gasteiger partial charge in [-0.05, 0) is 43.3 Å². The minimum Gasteiger partial charge on any atom is -0.459 e. The molecular formula is C32H27N5O7. The highest BCUT2D eigenvalue weighted by molar-refractivity contribution is 5.91. The Hall–Kier alpha value is -5.62. The highest BCUT2D eigenvalue weighted by Gasteiger charge is 2.52. The number of anilines is 1. The van der Waals surface area contributed by atoms with Crippen LogP contribution >= 0.6 is 0 Å². The van der Waals surface area contributed by atoms with E-state index in [4.69, 9.17) is 24.7 Å². The van der Waals surface area contributed by atoms with Crippen molar-refractivity contribution in [1.82, 2.24) is 19.7 Å². The van der Waals surface area contributed by atoms with Crippen molar-refractivity contribution in [1.29, 1.82) is 0 Å². The van der Waals surface area contributed by atoms with E-state index in [0.717, 1.165) is 0 Å². The molecule has 12 heteroatoms. The van der Waals surface area contributed by atoms with Crippen molar-refractivity contribution in [2.24, 2.45) is 0 Å². The predicted octanol–water partition coefficient (Wildman–Crippen LogP) is 3.92. The Balaban J connectivity index is 1.39. The van der Waals surface area contributed by atoms with Crippen LogP contribution in [0.15, 0.2) is 97.3 Å². The number of hydrogen-bond donors (Lipinski definition) is 1. The molecule has 3 aromatic carbocycles. The van der Waals surface area contributed by atoms with Gasteiger partial charge in [-0.1, -0.05) is 54.6 Å². The number of nitrogen functional groups attached to an aromatic ring is 1. The summed E-state index contributed by atoms with van der Waals surface area (Å²) in [5.74, 6) is -1.78. The normalized spacial score (nSPS) is 19.4. The fourth-order valence-corrected chi connectivity index (χ4v) is 5.00. The highest BCUT2D eigenvalue weighted by Crippen LogP contribution is 2.37. The minimum absolute atomic E-state index is 0.204. The summed E-state index contributed by atoms with van der Waals surface area (Å²) in [5.41, 5.74) is 7.81. The second kappa shape index (κ2) is 12.3. The number of benzene rings is 3. The maximum Gasteiger partial charge on any atom is 0.338 e. The van der Waals surface area contributed by atoms with E-state index in [9.17, 15) is 14.4 Å². The fourth-order valence-electron chi connectivity index (χ4n) is 5.00. The van der Waals surface area contributed by atoms with Crippen molar-refractivity contribution in [3.63, 3.8) is 0 Å². The molecule has 0 radical (unpaired) electrons. The zero-order chi connectivity index (χ0) is 30.6. The molecule has 2 aromatic heterocycles. The summed E-state index contributed by atoms with van der Waals surface area (Å²) < 4.78 is 25.3. The number of carbonyl (C=O) groups excluding carboxylic acids is 3. The van der Waals surface area contributed by atoms with E-state index in [-0.39, 0.29) is 23.6 Å². The first-order chi connectivity index (χ1) is 21.4. The van der Waals surface area contributed by atoms with Gasteiger partial charge in [0.25, 0.3) is 0 Å². The second-order valence-electron chi connectivity index (χ2n) is 9.99. The van der Waals surface area contributed by atoms with Gasteiger partial charge in [-0.2, -0.15) is 5.10 Å². The summed E-state index contributed by atoms with van der Waals surface area (Å²) in [6.07, 6.45) is -3.40. The van der Waals surface area contributed by atoms with Gasteiger partial charge in [0.15, 0.2) is 24.1 Å². The average Bonchev–Trinajstić information content (AvgIpc) is 3.57. The molecule has 0 amide bonds. The summed E-state index contributed by atoms with van der Waals surface area (Å²) in [6.45, 7) is 1.40. The molecule has 12 nitrogen and oxygen atoms in total. The van der Waals surface area contributed by atoms with Crippen LogP contribution in [-0.2, 0) is 18.9 Å². The topological polar surface area (TPSA) is 158 Å². The molecule has 0 aliphatic carbocycles. The van der Waals surface area contributed by atoms with E-state index >= 15 is 0 Å². The van der Waals surface area contributed by atoms with E-state index < -0.39 is 42.4 Å². The van der Waals surface area contributed by atoms with Crippen LogP contribution in [-0.4, -0.2) is 62.6 Å². The number of nitrogens with zero attached hydrogens (tertiary/aromatic N) is 4. The van der Waals surface area contributed by atoms with Crippen molar-refractivity contribution < 1.29 is 33.3 Å². The molecule has 1 aliphatic rings.